The first-order valence-electron chi connectivity index (χ1n) is 10.4. The van der Waals surface area contributed by atoms with Crippen LogP contribution in [0.3, 0.4) is 0 Å². The maximum absolute atomic E-state index is 12.9. The molecule has 0 aliphatic carbocycles. The molecule has 7 nitrogen and oxygen atoms in total. The van der Waals surface area contributed by atoms with Gasteiger partial charge in [-0.3, -0.25) is 9.36 Å². The lowest BCUT2D eigenvalue weighted by Crippen LogP contribution is -2.41. The minimum absolute atomic E-state index is 0.160. The van der Waals surface area contributed by atoms with Crippen LogP contribution in [0, 0.1) is 5.92 Å². The second-order valence-electron chi connectivity index (χ2n) is 7.87. The SMILES string of the molecule is C=CCn1c(SC(C)C(=O)N2CCC(C)CC2)nnc1C1COc2ccccc2O1. The Hall–Kier alpha value is -2.48. The van der Waals surface area contributed by atoms with E-state index in [0.29, 0.717) is 35.8 Å². The maximum Gasteiger partial charge on any atom is 0.235 e. The minimum Gasteiger partial charge on any atom is -0.485 e. The molecule has 0 bridgehead atoms. The fourth-order valence-electron chi connectivity index (χ4n) is 3.77. The second-order valence-corrected chi connectivity index (χ2v) is 9.18. The van der Waals surface area contributed by atoms with E-state index in [-0.39, 0.29) is 17.3 Å². The van der Waals surface area contributed by atoms with Crippen molar-refractivity contribution in [2.45, 2.75) is 49.7 Å². The fraction of sp³-hybridized carbons (Fsp3) is 0.500. The number of amides is 1. The van der Waals surface area contributed by atoms with Crippen molar-refractivity contribution < 1.29 is 14.3 Å². The van der Waals surface area contributed by atoms with Crippen LogP contribution < -0.4 is 9.47 Å². The van der Waals surface area contributed by atoms with Crippen LogP contribution in [0.2, 0.25) is 0 Å². The van der Waals surface area contributed by atoms with Crippen molar-refractivity contribution >= 4 is 17.7 Å². The molecule has 0 N–H and O–H groups in total. The third kappa shape index (κ3) is 4.33. The molecule has 2 unspecified atom stereocenters. The molecule has 0 saturated carbocycles. The lowest BCUT2D eigenvalue weighted by molar-refractivity contribution is -0.131. The van der Waals surface area contributed by atoms with Gasteiger partial charge in [-0.05, 0) is 37.8 Å². The molecule has 2 aromatic rings. The number of likely N-dealkylation sites (tertiary alicyclic amines) is 1. The summed E-state index contributed by atoms with van der Waals surface area (Å²) < 4.78 is 13.9. The number of thioether (sulfide) groups is 1. The zero-order valence-electron chi connectivity index (χ0n) is 17.5. The average Bonchev–Trinajstić information content (AvgIpc) is 3.16. The van der Waals surface area contributed by atoms with Crippen LogP contribution >= 0.6 is 11.8 Å². The minimum atomic E-state index is -0.365. The molecule has 1 fully saturated rings. The number of aromatic nitrogens is 3. The maximum atomic E-state index is 12.9. The van der Waals surface area contributed by atoms with E-state index in [4.69, 9.17) is 9.47 Å². The Kier molecular flexibility index (Phi) is 6.32. The third-order valence-corrected chi connectivity index (χ3v) is 6.65. The van der Waals surface area contributed by atoms with E-state index in [9.17, 15) is 4.79 Å². The number of rotatable bonds is 6. The first-order chi connectivity index (χ1) is 14.6. The summed E-state index contributed by atoms with van der Waals surface area (Å²) >= 11 is 1.44. The standard InChI is InChI=1S/C22H28N4O3S/c1-4-11-26-20(19-14-28-17-7-5-6-8-18(17)29-19)23-24-22(26)30-16(3)21(27)25-12-9-15(2)10-13-25/h4-8,15-16,19H,1,9-14H2,2-3H3. The summed E-state index contributed by atoms with van der Waals surface area (Å²) in [6.07, 6.45) is 3.57. The van der Waals surface area contributed by atoms with Gasteiger partial charge in [-0.15, -0.1) is 16.8 Å². The zero-order valence-corrected chi connectivity index (χ0v) is 18.3. The lowest BCUT2D eigenvalue weighted by atomic mass is 9.99. The Balaban J connectivity index is 1.49. The number of carbonyl (C=O) groups excluding carboxylic acids is 1. The molecule has 1 amide bonds. The van der Waals surface area contributed by atoms with Crippen molar-refractivity contribution in [2.24, 2.45) is 5.92 Å². The van der Waals surface area contributed by atoms with E-state index in [1.54, 1.807) is 6.08 Å². The van der Waals surface area contributed by atoms with Crippen molar-refractivity contribution in [3.63, 3.8) is 0 Å². The van der Waals surface area contributed by atoms with Gasteiger partial charge in [-0.2, -0.15) is 0 Å². The number of piperidine rings is 1. The van der Waals surface area contributed by atoms with Gasteiger partial charge >= 0.3 is 0 Å². The Bertz CT molecular complexity index is 908. The number of para-hydroxylation sites is 2. The number of ether oxygens (including phenoxy) is 2. The third-order valence-electron chi connectivity index (χ3n) is 5.58. The summed E-state index contributed by atoms with van der Waals surface area (Å²) in [5.74, 6) is 2.96. The van der Waals surface area contributed by atoms with Gasteiger partial charge in [0.25, 0.3) is 0 Å². The number of carbonyl (C=O) groups is 1. The first kappa shape index (κ1) is 20.8. The molecule has 1 saturated heterocycles. The largest absolute Gasteiger partial charge is 0.485 e. The quantitative estimate of drug-likeness (QED) is 0.516. The topological polar surface area (TPSA) is 69.5 Å². The molecule has 0 radical (unpaired) electrons. The van der Waals surface area contributed by atoms with Crippen LogP contribution in [0.5, 0.6) is 11.5 Å². The fourth-order valence-corrected chi connectivity index (χ4v) is 4.72. The van der Waals surface area contributed by atoms with E-state index >= 15 is 0 Å². The van der Waals surface area contributed by atoms with Gasteiger partial charge in [0.05, 0.1) is 5.25 Å². The highest BCUT2D eigenvalue weighted by Gasteiger charge is 2.30. The van der Waals surface area contributed by atoms with Crippen molar-refractivity contribution in [1.82, 2.24) is 19.7 Å². The van der Waals surface area contributed by atoms with Crippen LogP contribution in [0.1, 0.15) is 38.6 Å². The molecule has 1 aromatic heterocycles. The highest BCUT2D eigenvalue weighted by atomic mass is 32.2. The van der Waals surface area contributed by atoms with Crippen molar-refractivity contribution in [2.75, 3.05) is 19.7 Å². The van der Waals surface area contributed by atoms with Crippen molar-refractivity contribution in [1.29, 1.82) is 0 Å². The first-order valence-corrected chi connectivity index (χ1v) is 11.3. The summed E-state index contributed by atoms with van der Waals surface area (Å²) in [7, 11) is 0. The second kappa shape index (κ2) is 9.12. The lowest BCUT2D eigenvalue weighted by Gasteiger charge is -2.32. The molecule has 3 heterocycles. The number of nitrogens with zero attached hydrogens (tertiary/aromatic N) is 4. The monoisotopic (exact) mass is 428 g/mol. The van der Waals surface area contributed by atoms with E-state index in [1.807, 2.05) is 40.7 Å². The average molecular weight is 429 g/mol. The molecule has 2 aliphatic rings. The van der Waals surface area contributed by atoms with Gasteiger partial charge in [0.1, 0.15) is 6.61 Å². The molecule has 1 aromatic carbocycles. The molecule has 8 heteroatoms. The molecule has 4 rings (SSSR count). The van der Waals surface area contributed by atoms with Crippen LogP contribution in [0.15, 0.2) is 42.1 Å². The van der Waals surface area contributed by atoms with Gasteiger partial charge in [0.15, 0.2) is 28.6 Å². The molecular weight excluding hydrogens is 400 g/mol. The van der Waals surface area contributed by atoms with Crippen LogP contribution in [0.4, 0.5) is 0 Å². The normalized spacial score (nSPS) is 20.1. The smallest absolute Gasteiger partial charge is 0.235 e. The summed E-state index contributed by atoms with van der Waals surface area (Å²) in [5, 5.41) is 9.21. The molecule has 2 aliphatic heterocycles. The summed E-state index contributed by atoms with van der Waals surface area (Å²) in [5.41, 5.74) is 0. The van der Waals surface area contributed by atoms with Crippen LogP contribution in [-0.2, 0) is 11.3 Å². The number of hydrogen-bond donors (Lipinski definition) is 0. The Labute approximate surface area is 181 Å². The predicted molar refractivity (Wildman–Crippen MR) is 116 cm³/mol. The van der Waals surface area contributed by atoms with Gasteiger partial charge in [0, 0.05) is 19.6 Å². The Morgan fingerprint density at radius 2 is 2.03 bits per heavy atom. The molecule has 2 atom stereocenters. The summed E-state index contributed by atoms with van der Waals surface area (Å²) in [4.78, 5) is 14.9. The number of benzene rings is 1. The van der Waals surface area contributed by atoms with Crippen LogP contribution in [-0.4, -0.2) is 50.5 Å². The van der Waals surface area contributed by atoms with E-state index in [1.165, 1.54) is 11.8 Å². The van der Waals surface area contributed by atoms with Gasteiger partial charge < -0.3 is 14.4 Å². The molecule has 30 heavy (non-hydrogen) atoms. The van der Waals surface area contributed by atoms with Crippen LogP contribution in [0.25, 0.3) is 0 Å². The predicted octanol–water partition coefficient (Wildman–Crippen LogP) is 3.72. The van der Waals surface area contributed by atoms with E-state index in [2.05, 4.69) is 23.7 Å². The van der Waals surface area contributed by atoms with Gasteiger partial charge in [0.2, 0.25) is 5.91 Å². The Morgan fingerprint density at radius 3 is 2.77 bits per heavy atom. The molecule has 160 valence electrons. The van der Waals surface area contributed by atoms with Crippen molar-refractivity contribution in [3.05, 3.63) is 42.7 Å². The highest BCUT2D eigenvalue weighted by molar-refractivity contribution is 8.00. The number of allylic oxidation sites excluding steroid dienone is 1. The van der Waals surface area contributed by atoms with Gasteiger partial charge in [-0.1, -0.05) is 36.9 Å². The summed E-state index contributed by atoms with van der Waals surface area (Å²) in [6, 6.07) is 7.59. The molecular formula is C22H28N4O3S. The zero-order chi connectivity index (χ0) is 21.1. The van der Waals surface area contributed by atoms with Crippen molar-refractivity contribution in [3.8, 4) is 11.5 Å². The number of hydrogen-bond acceptors (Lipinski definition) is 6. The van der Waals surface area contributed by atoms with E-state index in [0.717, 1.165) is 31.7 Å². The number of fused-ring (bicyclic) bond motifs is 1. The van der Waals surface area contributed by atoms with Gasteiger partial charge in [-0.25, -0.2) is 0 Å². The Morgan fingerprint density at radius 1 is 1.30 bits per heavy atom. The highest BCUT2D eigenvalue weighted by Crippen LogP contribution is 2.36. The van der Waals surface area contributed by atoms with E-state index < -0.39 is 0 Å². The summed E-state index contributed by atoms with van der Waals surface area (Å²) in [6.45, 7) is 10.6. The molecule has 0 spiro atoms.